The molecule has 2 atom stereocenters. The molecule has 0 fully saturated rings. The Kier molecular flexibility index (Phi) is 6.23. The predicted molar refractivity (Wildman–Crippen MR) is 90.8 cm³/mol. The van der Waals surface area contributed by atoms with Gasteiger partial charge in [0.1, 0.15) is 11.9 Å². The third-order valence-corrected chi connectivity index (χ3v) is 4.96. The van der Waals surface area contributed by atoms with Crippen LogP contribution in [0.2, 0.25) is 0 Å². The maximum atomic E-state index is 6.24. The molecule has 0 radical (unpaired) electrons. The van der Waals surface area contributed by atoms with Crippen LogP contribution in [0, 0.1) is 0 Å². The van der Waals surface area contributed by atoms with E-state index in [-0.39, 0.29) is 12.1 Å². The Hall–Kier alpha value is -0.880. The highest BCUT2D eigenvalue weighted by Crippen LogP contribution is 2.32. The third kappa shape index (κ3) is 4.54. The summed E-state index contributed by atoms with van der Waals surface area (Å²) in [6.07, 6.45) is 0.724. The fourth-order valence-electron chi connectivity index (χ4n) is 2.07. The minimum absolute atomic E-state index is 0.0402. The van der Waals surface area contributed by atoms with Gasteiger partial charge < -0.3 is 15.2 Å². The average Bonchev–Trinajstić information content (AvgIpc) is 2.91. The molecule has 0 spiro atoms. The van der Waals surface area contributed by atoms with Crippen molar-refractivity contribution in [3.8, 4) is 5.75 Å². The van der Waals surface area contributed by atoms with Gasteiger partial charge in [0.25, 0.3) is 0 Å². The van der Waals surface area contributed by atoms with Gasteiger partial charge in [-0.1, -0.05) is 19.1 Å². The number of hydrogen-bond donors (Lipinski definition) is 1. The van der Waals surface area contributed by atoms with E-state index in [1.807, 2.05) is 24.3 Å². The Balaban J connectivity index is 2.20. The van der Waals surface area contributed by atoms with Crippen LogP contribution in [0.5, 0.6) is 5.75 Å². The lowest BCUT2D eigenvalue weighted by molar-refractivity contribution is 0.171. The molecule has 2 rings (SSSR count). The molecule has 0 bridgehead atoms. The van der Waals surface area contributed by atoms with Gasteiger partial charge in [-0.25, -0.2) is 0 Å². The van der Waals surface area contributed by atoms with Gasteiger partial charge in [-0.05, 0) is 46.1 Å². The number of nitrogens with two attached hydrogens (primary N) is 1. The van der Waals surface area contributed by atoms with Crippen LogP contribution in [0.4, 0.5) is 0 Å². The van der Waals surface area contributed by atoms with Crippen LogP contribution < -0.4 is 10.5 Å². The number of ether oxygens (including phenoxy) is 2. The van der Waals surface area contributed by atoms with Crippen LogP contribution >= 0.6 is 27.3 Å². The zero-order chi connectivity index (χ0) is 15.2. The zero-order valence-electron chi connectivity index (χ0n) is 12.2. The van der Waals surface area contributed by atoms with Crippen LogP contribution in [0.15, 0.2) is 40.2 Å². The van der Waals surface area contributed by atoms with Gasteiger partial charge >= 0.3 is 0 Å². The summed E-state index contributed by atoms with van der Waals surface area (Å²) in [6.45, 7) is 2.65. The average molecular weight is 370 g/mol. The van der Waals surface area contributed by atoms with E-state index in [4.69, 9.17) is 15.2 Å². The molecule has 0 aliphatic carbocycles. The third-order valence-electron chi connectivity index (χ3n) is 3.20. The topological polar surface area (TPSA) is 44.5 Å². The molecular weight excluding hydrogens is 350 g/mol. The molecule has 21 heavy (non-hydrogen) atoms. The maximum absolute atomic E-state index is 6.24. The molecule has 1 aromatic carbocycles. The van der Waals surface area contributed by atoms with E-state index >= 15 is 0 Å². The second kappa shape index (κ2) is 7.94. The predicted octanol–water partition coefficient (Wildman–Crippen LogP) is 4.51. The lowest BCUT2D eigenvalue weighted by Crippen LogP contribution is -2.30. The van der Waals surface area contributed by atoms with E-state index in [1.54, 1.807) is 18.4 Å². The first-order chi connectivity index (χ1) is 10.1. The Bertz CT molecular complexity index is 573. The Morgan fingerprint density at radius 2 is 2.14 bits per heavy atom. The summed E-state index contributed by atoms with van der Waals surface area (Å²) < 4.78 is 12.4. The van der Waals surface area contributed by atoms with Crippen molar-refractivity contribution >= 4 is 27.3 Å². The minimum Gasteiger partial charge on any atom is -0.483 e. The summed E-state index contributed by atoms with van der Waals surface area (Å²) in [5.74, 6) is 0.822. The maximum Gasteiger partial charge on any atom is 0.148 e. The highest BCUT2D eigenvalue weighted by molar-refractivity contribution is 9.10. The molecule has 1 heterocycles. The van der Waals surface area contributed by atoms with Gasteiger partial charge in [0.2, 0.25) is 0 Å². The summed E-state index contributed by atoms with van der Waals surface area (Å²) in [4.78, 5) is 1.13. The van der Waals surface area contributed by atoms with Gasteiger partial charge in [0.15, 0.2) is 0 Å². The van der Waals surface area contributed by atoms with Crippen molar-refractivity contribution in [1.29, 1.82) is 0 Å². The van der Waals surface area contributed by atoms with E-state index in [9.17, 15) is 0 Å². The molecule has 0 amide bonds. The molecule has 1 aromatic heterocycles. The fourth-order valence-corrected chi connectivity index (χ4v) is 3.62. The summed E-state index contributed by atoms with van der Waals surface area (Å²) in [6, 6.07) is 9.99. The molecular formula is C16H20BrNO2S. The first kappa shape index (κ1) is 16.5. The SMILES string of the molecule is CCC(N)C(Oc1cccc(COC)c1)c1cc(Br)cs1. The van der Waals surface area contributed by atoms with Gasteiger partial charge in [-0.15, -0.1) is 11.3 Å². The summed E-state index contributed by atoms with van der Waals surface area (Å²) in [5.41, 5.74) is 7.33. The molecule has 3 nitrogen and oxygen atoms in total. The Morgan fingerprint density at radius 1 is 1.33 bits per heavy atom. The molecule has 114 valence electrons. The van der Waals surface area contributed by atoms with E-state index in [1.165, 1.54) is 0 Å². The van der Waals surface area contributed by atoms with E-state index in [0.717, 1.165) is 27.1 Å². The lowest BCUT2D eigenvalue weighted by Gasteiger charge is -2.23. The highest BCUT2D eigenvalue weighted by Gasteiger charge is 2.22. The molecule has 2 unspecified atom stereocenters. The van der Waals surface area contributed by atoms with Crippen LogP contribution in [-0.2, 0) is 11.3 Å². The van der Waals surface area contributed by atoms with Crippen LogP contribution in [0.25, 0.3) is 0 Å². The van der Waals surface area contributed by atoms with E-state index in [2.05, 4.69) is 34.3 Å². The first-order valence-electron chi connectivity index (χ1n) is 6.88. The summed E-state index contributed by atoms with van der Waals surface area (Å²) in [7, 11) is 1.69. The number of methoxy groups -OCH3 is 1. The number of rotatable bonds is 7. The molecule has 0 aliphatic heterocycles. The van der Waals surface area contributed by atoms with Crippen molar-refractivity contribution in [2.24, 2.45) is 5.73 Å². The van der Waals surface area contributed by atoms with Crippen LogP contribution in [0.1, 0.15) is 29.9 Å². The van der Waals surface area contributed by atoms with Crippen molar-refractivity contribution < 1.29 is 9.47 Å². The van der Waals surface area contributed by atoms with Crippen molar-refractivity contribution in [3.63, 3.8) is 0 Å². The number of halogens is 1. The van der Waals surface area contributed by atoms with E-state index in [0.29, 0.717) is 6.61 Å². The number of thiophene rings is 1. The second-order valence-corrected chi connectivity index (χ2v) is 6.72. The normalized spacial score (nSPS) is 13.9. The smallest absolute Gasteiger partial charge is 0.148 e. The van der Waals surface area contributed by atoms with Gasteiger partial charge in [-0.2, -0.15) is 0 Å². The zero-order valence-corrected chi connectivity index (χ0v) is 14.6. The molecule has 0 saturated heterocycles. The van der Waals surface area contributed by atoms with Crippen LogP contribution in [0.3, 0.4) is 0 Å². The van der Waals surface area contributed by atoms with Crippen molar-refractivity contribution in [2.45, 2.75) is 32.1 Å². The van der Waals surface area contributed by atoms with Crippen molar-refractivity contribution in [1.82, 2.24) is 0 Å². The minimum atomic E-state index is -0.135. The molecule has 5 heteroatoms. The Labute approximate surface area is 138 Å². The van der Waals surface area contributed by atoms with Crippen molar-refractivity contribution in [2.75, 3.05) is 7.11 Å². The number of benzene rings is 1. The largest absolute Gasteiger partial charge is 0.483 e. The van der Waals surface area contributed by atoms with Gasteiger partial charge in [0.05, 0.1) is 6.61 Å². The summed E-state index contributed by atoms with van der Waals surface area (Å²) in [5, 5.41) is 2.05. The Morgan fingerprint density at radius 3 is 2.76 bits per heavy atom. The fraction of sp³-hybridized carbons (Fsp3) is 0.375. The monoisotopic (exact) mass is 369 g/mol. The number of hydrogen-bond acceptors (Lipinski definition) is 4. The van der Waals surface area contributed by atoms with Gasteiger partial charge in [0, 0.05) is 27.9 Å². The molecule has 2 N–H and O–H groups in total. The first-order valence-corrected chi connectivity index (χ1v) is 8.55. The second-order valence-electron chi connectivity index (χ2n) is 4.86. The quantitative estimate of drug-likeness (QED) is 0.780. The molecule has 0 saturated carbocycles. The molecule has 2 aromatic rings. The van der Waals surface area contributed by atoms with E-state index < -0.39 is 0 Å². The lowest BCUT2D eigenvalue weighted by atomic mass is 10.1. The van der Waals surface area contributed by atoms with Crippen molar-refractivity contribution in [3.05, 3.63) is 50.6 Å². The standard InChI is InChI=1S/C16H20BrNO2S/c1-3-14(18)16(15-8-12(17)10-21-15)20-13-6-4-5-11(7-13)9-19-2/h4-8,10,14,16H,3,9,18H2,1-2H3. The highest BCUT2D eigenvalue weighted by atomic mass is 79.9. The molecule has 0 aliphatic rings. The van der Waals surface area contributed by atoms with Crippen LogP contribution in [-0.4, -0.2) is 13.2 Å². The summed E-state index contributed by atoms with van der Waals surface area (Å²) >= 11 is 5.15. The van der Waals surface area contributed by atoms with Gasteiger partial charge in [-0.3, -0.25) is 0 Å².